The average Bonchev–Trinajstić information content (AvgIpc) is 1.67. The molecule has 0 spiro atoms. The third-order valence-electron chi connectivity index (χ3n) is 0.406. The molecule has 0 rings (SSSR count). The molecule has 0 aromatic heterocycles. The zero-order valence-corrected chi connectivity index (χ0v) is 6.39. The maximum atomic E-state index is 9.40. The zero-order valence-electron chi connectivity index (χ0n) is 6.39. The van der Waals surface area contributed by atoms with Gasteiger partial charge in [0.2, 0.25) is 6.54 Å². The smallest absolute Gasteiger partial charge is 0.203 e. The first-order valence-corrected chi connectivity index (χ1v) is 3.30. The molecular formula is C6H15NO2. The van der Waals surface area contributed by atoms with Crippen LogP contribution in [0.4, 0.5) is 0 Å². The lowest BCUT2D eigenvalue weighted by Gasteiger charge is -1.80. The predicted molar refractivity (Wildman–Crippen MR) is 38.1 cm³/mol. The second kappa shape index (κ2) is 10.4. The molecule has 0 unspecified atom stereocenters. The van der Waals surface area contributed by atoms with Gasteiger partial charge in [-0.3, -0.25) is 10.1 Å². The molecule has 0 aromatic rings. The van der Waals surface area contributed by atoms with Gasteiger partial charge < -0.3 is 0 Å². The van der Waals surface area contributed by atoms with Crippen molar-refractivity contribution in [1.29, 1.82) is 0 Å². The van der Waals surface area contributed by atoms with Crippen LogP contribution in [0.1, 0.15) is 33.6 Å². The highest BCUT2D eigenvalue weighted by Gasteiger charge is 1.85. The van der Waals surface area contributed by atoms with E-state index >= 15 is 0 Å². The van der Waals surface area contributed by atoms with Crippen LogP contribution in [0, 0.1) is 10.1 Å². The third kappa shape index (κ3) is 37.5. The molecule has 0 aliphatic heterocycles. The van der Waals surface area contributed by atoms with Crippen LogP contribution in [0.15, 0.2) is 0 Å². The molecule has 0 aliphatic carbocycles. The normalized spacial score (nSPS) is 7.44. The predicted octanol–water partition coefficient (Wildman–Crippen LogP) is 2.09. The Morgan fingerprint density at radius 2 is 1.67 bits per heavy atom. The molecule has 0 amide bonds. The molecule has 0 saturated carbocycles. The van der Waals surface area contributed by atoms with Crippen molar-refractivity contribution in [3.05, 3.63) is 10.1 Å². The van der Waals surface area contributed by atoms with Gasteiger partial charge in [-0.25, -0.2) is 0 Å². The van der Waals surface area contributed by atoms with Crippen LogP contribution >= 0.6 is 0 Å². The monoisotopic (exact) mass is 133 g/mol. The summed E-state index contributed by atoms with van der Waals surface area (Å²) in [6.45, 7) is 6.13. The van der Waals surface area contributed by atoms with Crippen molar-refractivity contribution < 1.29 is 4.92 Å². The summed E-state index contributed by atoms with van der Waals surface area (Å²) in [5, 5.41) is 9.40. The summed E-state index contributed by atoms with van der Waals surface area (Å²) in [6.07, 6.45) is 1.88. The fraction of sp³-hybridized carbons (Fsp3) is 1.00. The SMILES string of the molecule is CCC.CCC[N+](=O)[O-]. The zero-order chi connectivity index (χ0) is 7.70. The van der Waals surface area contributed by atoms with Crippen LogP contribution in [-0.4, -0.2) is 11.5 Å². The summed E-state index contributed by atoms with van der Waals surface area (Å²) in [5.41, 5.74) is 0. The minimum atomic E-state index is -0.319. The molecule has 0 bridgehead atoms. The Labute approximate surface area is 56.2 Å². The largest absolute Gasteiger partial charge is 0.265 e. The number of nitrogens with zero attached hydrogens (tertiary/aromatic N) is 1. The Bertz CT molecular complexity index is 64.1. The van der Waals surface area contributed by atoms with Crippen molar-refractivity contribution in [2.45, 2.75) is 33.6 Å². The standard InChI is InChI=1S/C3H7NO2.C3H8/c1-2-3-4(5)6;1-3-2/h2-3H2,1H3;3H2,1-2H3. The van der Waals surface area contributed by atoms with Gasteiger partial charge in [0.05, 0.1) is 0 Å². The summed E-state index contributed by atoms with van der Waals surface area (Å²) in [5.74, 6) is 0. The topological polar surface area (TPSA) is 43.1 Å². The first-order chi connectivity index (χ1) is 4.18. The maximum Gasteiger partial charge on any atom is 0.203 e. The Morgan fingerprint density at radius 3 is 1.67 bits per heavy atom. The quantitative estimate of drug-likeness (QED) is 0.427. The number of hydrogen-bond acceptors (Lipinski definition) is 2. The van der Waals surface area contributed by atoms with Gasteiger partial charge in [0.25, 0.3) is 0 Å². The summed E-state index contributed by atoms with van der Waals surface area (Å²) in [4.78, 5) is 9.09. The second-order valence-corrected chi connectivity index (χ2v) is 1.76. The molecule has 9 heavy (non-hydrogen) atoms. The first kappa shape index (κ1) is 11.2. The van der Waals surface area contributed by atoms with E-state index in [1.807, 2.05) is 0 Å². The lowest BCUT2D eigenvalue weighted by Crippen LogP contribution is -1.96. The van der Waals surface area contributed by atoms with E-state index in [1.165, 1.54) is 6.42 Å². The highest BCUT2D eigenvalue weighted by Crippen LogP contribution is 1.72. The van der Waals surface area contributed by atoms with E-state index in [9.17, 15) is 10.1 Å². The summed E-state index contributed by atoms with van der Waals surface area (Å²) in [6, 6.07) is 0. The van der Waals surface area contributed by atoms with Crippen LogP contribution in [-0.2, 0) is 0 Å². The van der Waals surface area contributed by atoms with Gasteiger partial charge >= 0.3 is 0 Å². The molecule has 56 valence electrons. The van der Waals surface area contributed by atoms with Gasteiger partial charge in [0.15, 0.2) is 0 Å². The van der Waals surface area contributed by atoms with Crippen molar-refractivity contribution in [3.8, 4) is 0 Å². The molecule has 0 N–H and O–H groups in total. The van der Waals surface area contributed by atoms with Gasteiger partial charge in [-0.2, -0.15) is 0 Å². The van der Waals surface area contributed by atoms with E-state index in [0.717, 1.165) is 0 Å². The van der Waals surface area contributed by atoms with E-state index in [-0.39, 0.29) is 11.5 Å². The summed E-state index contributed by atoms with van der Waals surface area (Å²) < 4.78 is 0. The Balaban J connectivity index is 0. The Morgan fingerprint density at radius 1 is 1.33 bits per heavy atom. The molecule has 0 aromatic carbocycles. The van der Waals surface area contributed by atoms with Gasteiger partial charge in [-0.1, -0.05) is 27.2 Å². The number of rotatable bonds is 2. The lowest BCUT2D eigenvalue weighted by atomic mass is 10.5. The van der Waals surface area contributed by atoms with E-state index < -0.39 is 0 Å². The fourth-order valence-corrected chi connectivity index (χ4v) is 0.183. The van der Waals surface area contributed by atoms with Crippen molar-refractivity contribution in [3.63, 3.8) is 0 Å². The van der Waals surface area contributed by atoms with Crippen LogP contribution in [0.2, 0.25) is 0 Å². The Hall–Kier alpha value is -0.600. The molecule has 0 atom stereocenters. The third-order valence-corrected chi connectivity index (χ3v) is 0.406. The van der Waals surface area contributed by atoms with E-state index in [0.29, 0.717) is 6.42 Å². The minimum Gasteiger partial charge on any atom is -0.265 e. The van der Waals surface area contributed by atoms with Crippen LogP contribution < -0.4 is 0 Å². The van der Waals surface area contributed by atoms with Crippen LogP contribution in [0.5, 0.6) is 0 Å². The van der Waals surface area contributed by atoms with E-state index in [2.05, 4.69) is 13.8 Å². The van der Waals surface area contributed by atoms with Crippen LogP contribution in [0.3, 0.4) is 0 Å². The van der Waals surface area contributed by atoms with E-state index in [4.69, 9.17) is 0 Å². The highest BCUT2D eigenvalue weighted by atomic mass is 16.6. The van der Waals surface area contributed by atoms with Gasteiger partial charge in [-0.05, 0) is 0 Å². The molecule has 0 radical (unpaired) electrons. The van der Waals surface area contributed by atoms with Crippen molar-refractivity contribution >= 4 is 0 Å². The second-order valence-electron chi connectivity index (χ2n) is 1.76. The molecule has 3 nitrogen and oxygen atoms in total. The van der Waals surface area contributed by atoms with Gasteiger partial charge in [0.1, 0.15) is 0 Å². The summed E-state index contributed by atoms with van der Waals surface area (Å²) in [7, 11) is 0. The molecular weight excluding hydrogens is 118 g/mol. The molecule has 0 heterocycles. The van der Waals surface area contributed by atoms with Crippen LogP contribution in [0.25, 0.3) is 0 Å². The van der Waals surface area contributed by atoms with Gasteiger partial charge in [-0.15, -0.1) is 0 Å². The molecule has 0 fully saturated rings. The average molecular weight is 133 g/mol. The van der Waals surface area contributed by atoms with Crippen molar-refractivity contribution in [2.24, 2.45) is 0 Å². The summed E-state index contributed by atoms with van der Waals surface area (Å²) >= 11 is 0. The number of nitro groups is 1. The van der Waals surface area contributed by atoms with Crippen molar-refractivity contribution in [1.82, 2.24) is 0 Å². The molecule has 0 aliphatic rings. The molecule has 0 saturated heterocycles. The number of hydrogen-bond donors (Lipinski definition) is 0. The Kier molecular flexibility index (Phi) is 13.0. The fourth-order valence-electron chi connectivity index (χ4n) is 0.183. The maximum absolute atomic E-state index is 9.40. The first-order valence-electron chi connectivity index (χ1n) is 3.30. The van der Waals surface area contributed by atoms with Gasteiger partial charge in [0, 0.05) is 11.3 Å². The highest BCUT2D eigenvalue weighted by molar-refractivity contribution is 4.18. The van der Waals surface area contributed by atoms with E-state index in [1.54, 1.807) is 6.92 Å². The lowest BCUT2D eigenvalue weighted by molar-refractivity contribution is -0.479. The molecule has 3 heteroatoms. The van der Waals surface area contributed by atoms with Crippen molar-refractivity contribution in [2.75, 3.05) is 6.54 Å². The minimum absolute atomic E-state index is 0.0972.